The van der Waals surface area contributed by atoms with Crippen LogP contribution in [0.15, 0.2) is 30.3 Å². The van der Waals surface area contributed by atoms with Gasteiger partial charge in [0.2, 0.25) is 0 Å². The number of nitrogens with zero attached hydrogens (tertiary/aromatic N) is 1. The van der Waals surface area contributed by atoms with Crippen molar-refractivity contribution in [3.05, 3.63) is 35.9 Å². The van der Waals surface area contributed by atoms with Crippen molar-refractivity contribution in [3.63, 3.8) is 0 Å². The first kappa shape index (κ1) is 15.0. The van der Waals surface area contributed by atoms with Gasteiger partial charge in [0.25, 0.3) is 0 Å². The zero-order valence-electron chi connectivity index (χ0n) is 12.6. The first-order chi connectivity index (χ1) is 10.6. The van der Waals surface area contributed by atoms with Crippen LogP contribution in [0.4, 0.5) is 0 Å². The quantitative estimate of drug-likeness (QED) is 0.825. The maximum Gasteiger partial charge on any atom is 0.311 e. The van der Waals surface area contributed by atoms with Gasteiger partial charge in [-0.3, -0.25) is 9.59 Å². The fraction of sp³-hybridized carbons (Fsp3) is 0.529. The summed E-state index contributed by atoms with van der Waals surface area (Å²) in [6.45, 7) is 1.07. The number of hydrogen-bond acceptors (Lipinski definition) is 3. The standard InChI is InChI=1S/C17H22N2O3/c20-15(12-4-2-1-3-5-12)13-8-10-19(11-9-13)17(22)16(21)18-14-6-7-14/h1-5,13-15,20H,6-11H2,(H,18,21). The normalized spacial score (nSPS) is 20.5. The predicted octanol–water partition coefficient (Wildman–Crippen LogP) is 1.24. The van der Waals surface area contributed by atoms with E-state index in [9.17, 15) is 14.7 Å². The van der Waals surface area contributed by atoms with E-state index in [0.29, 0.717) is 13.1 Å². The van der Waals surface area contributed by atoms with E-state index >= 15 is 0 Å². The third kappa shape index (κ3) is 3.47. The summed E-state index contributed by atoms with van der Waals surface area (Å²) in [5, 5.41) is 13.2. The fourth-order valence-electron chi connectivity index (χ4n) is 2.96. The number of amides is 2. The summed E-state index contributed by atoms with van der Waals surface area (Å²) in [4.78, 5) is 25.4. The van der Waals surface area contributed by atoms with Crippen LogP contribution < -0.4 is 5.32 Å². The number of carbonyl (C=O) groups is 2. The average Bonchev–Trinajstić information content (AvgIpc) is 3.38. The van der Waals surface area contributed by atoms with E-state index < -0.39 is 17.9 Å². The molecule has 1 aliphatic carbocycles. The highest BCUT2D eigenvalue weighted by Crippen LogP contribution is 2.30. The molecule has 1 atom stereocenters. The predicted molar refractivity (Wildman–Crippen MR) is 81.9 cm³/mol. The van der Waals surface area contributed by atoms with Crippen LogP contribution in [-0.2, 0) is 9.59 Å². The van der Waals surface area contributed by atoms with Crippen molar-refractivity contribution in [1.29, 1.82) is 0 Å². The molecule has 1 aromatic rings. The first-order valence-electron chi connectivity index (χ1n) is 7.98. The van der Waals surface area contributed by atoms with Crippen molar-refractivity contribution in [1.82, 2.24) is 10.2 Å². The van der Waals surface area contributed by atoms with E-state index in [2.05, 4.69) is 5.32 Å². The van der Waals surface area contributed by atoms with Gasteiger partial charge < -0.3 is 15.3 Å². The number of piperidine rings is 1. The minimum absolute atomic E-state index is 0.137. The molecule has 5 nitrogen and oxygen atoms in total. The van der Waals surface area contributed by atoms with Gasteiger partial charge in [0.1, 0.15) is 0 Å². The summed E-state index contributed by atoms with van der Waals surface area (Å²) in [6.07, 6.45) is 2.89. The smallest absolute Gasteiger partial charge is 0.311 e. The van der Waals surface area contributed by atoms with Crippen LogP contribution in [0, 0.1) is 5.92 Å². The number of hydrogen-bond donors (Lipinski definition) is 2. The van der Waals surface area contributed by atoms with E-state index in [1.165, 1.54) is 0 Å². The molecular weight excluding hydrogens is 280 g/mol. The van der Waals surface area contributed by atoms with E-state index in [1.807, 2.05) is 30.3 Å². The lowest BCUT2D eigenvalue weighted by Crippen LogP contribution is -2.47. The molecule has 2 N–H and O–H groups in total. The molecule has 118 valence electrons. The molecule has 1 saturated carbocycles. The molecule has 2 amide bonds. The number of aliphatic hydroxyl groups excluding tert-OH is 1. The van der Waals surface area contributed by atoms with E-state index in [4.69, 9.17) is 0 Å². The topological polar surface area (TPSA) is 69.6 Å². The molecule has 1 unspecified atom stereocenters. The van der Waals surface area contributed by atoms with Gasteiger partial charge in [-0.25, -0.2) is 0 Å². The lowest BCUT2D eigenvalue weighted by Gasteiger charge is -2.34. The Morgan fingerprint density at radius 3 is 2.32 bits per heavy atom. The summed E-state index contributed by atoms with van der Waals surface area (Å²) in [5.41, 5.74) is 0.916. The number of nitrogens with one attached hydrogen (secondary N) is 1. The molecule has 1 saturated heterocycles. The third-order valence-electron chi connectivity index (χ3n) is 4.52. The Morgan fingerprint density at radius 2 is 1.73 bits per heavy atom. The van der Waals surface area contributed by atoms with Gasteiger partial charge in [-0.05, 0) is 37.2 Å². The van der Waals surface area contributed by atoms with Gasteiger partial charge in [0.05, 0.1) is 6.10 Å². The lowest BCUT2D eigenvalue weighted by atomic mass is 9.87. The molecule has 1 aromatic carbocycles. The number of likely N-dealkylation sites (tertiary alicyclic amines) is 1. The maximum absolute atomic E-state index is 12.1. The van der Waals surface area contributed by atoms with Gasteiger partial charge >= 0.3 is 11.8 Å². The van der Waals surface area contributed by atoms with E-state index in [-0.39, 0.29) is 12.0 Å². The van der Waals surface area contributed by atoms with Crippen LogP contribution in [0.2, 0.25) is 0 Å². The minimum atomic E-state index is -0.501. The zero-order chi connectivity index (χ0) is 15.5. The number of carbonyl (C=O) groups excluding carboxylic acids is 2. The summed E-state index contributed by atoms with van der Waals surface area (Å²) in [6, 6.07) is 9.81. The van der Waals surface area contributed by atoms with E-state index in [0.717, 1.165) is 31.2 Å². The second-order valence-corrected chi connectivity index (χ2v) is 6.23. The second-order valence-electron chi connectivity index (χ2n) is 6.23. The van der Waals surface area contributed by atoms with Gasteiger partial charge in [-0.2, -0.15) is 0 Å². The summed E-state index contributed by atoms with van der Waals surface area (Å²) < 4.78 is 0. The van der Waals surface area contributed by atoms with Crippen LogP contribution in [-0.4, -0.2) is 41.0 Å². The monoisotopic (exact) mass is 302 g/mol. The molecule has 0 spiro atoms. The maximum atomic E-state index is 12.1. The molecule has 22 heavy (non-hydrogen) atoms. The highest BCUT2D eigenvalue weighted by molar-refractivity contribution is 6.35. The molecule has 3 rings (SSSR count). The van der Waals surface area contributed by atoms with Crippen LogP contribution in [0.25, 0.3) is 0 Å². The second kappa shape index (κ2) is 6.48. The molecule has 1 heterocycles. The molecule has 1 aliphatic heterocycles. The molecule has 2 fully saturated rings. The molecule has 0 bridgehead atoms. The Labute approximate surface area is 130 Å². The molecule has 0 radical (unpaired) electrons. The van der Waals surface area contributed by atoms with Crippen LogP contribution >= 0.6 is 0 Å². The van der Waals surface area contributed by atoms with E-state index in [1.54, 1.807) is 4.90 Å². The van der Waals surface area contributed by atoms with Crippen LogP contribution in [0.3, 0.4) is 0 Å². The Hall–Kier alpha value is -1.88. The number of aliphatic hydroxyl groups is 1. The molecular formula is C17H22N2O3. The van der Waals surface area contributed by atoms with Gasteiger partial charge in [-0.1, -0.05) is 30.3 Å². The van der Waals surface area contributed by atoms with Crippen molar-refractivity contribution < 1.29 is 14.7 Å². The molecule has 0 aromatic heterocycles. The van der Waals surface area contributed by atoms with Crippen molar-refractivity contribution in [2.75, 3.05) is 13.1 Å². The molecule has 5 heteroatoms. The van der Waals surface area contributed by atoms with Crippen molar-refractivity contribution >= 4 is 11.8 Å². The Morgan fingerprint density at radius 1 is 1.09 bits per heavy atom. The lowest BCUT2D eigenvalue weighted by molar-refractivity contribution is -0.147. The zero-order valence-corrected chi connectivity index (χ0v) is 12.6. The third-order valence-corrected chi connectivity index (χ3v) is 4.52. The van der Waals surface area contributed by atoms with Gasteiger partial charge in [0.15, 0.2) is 0 Å². The van der Waals surface area contributed by atoms with Crippen molar-refractivity contribution in [2.45, 2.75) is 37.8 Å². The summed E-state index contributed by atoms with van der Waals surface area (Å²) >= 11 is 0. The first-order valence-corrected chi connectivity index (χ1v) is 7.98. The highest BCUT2D eigenvalue weighted by atomic mass is 16.3. The van der Waals surface area contributed by atoms with Crippen molar-refractivity contribution in [2.24, 2.45) is 5.92 Å². The average molecular weight is 302 g/mol. The summed E-state index contributed by atoms with van der Waals surface area (Å²) in [7, 11) is 0. The van der Waals surface area contributed by atoms with Gasteiger partial charge in [0, 0.05) is 19.1 Å². The number of benzene rings is 1. The minimum Gasteiger partial charge on any atom is -0.388 e. The fourth-order valence-corrected chi connectivity index (χ4v) is 2.96. The molecule has 2 aliphatic rings. The SMILES string of the molecule is O=C(NC1CC1)C(=O)N1CCC(C(O)c2ccccc2)CC1. The van der Waals surface area contributed by atoms with Gasteiger partial charge in [-0.15, -0.1) is 0 Å². The van der Waals surface area contributed by atoms with Crippen LogP contribution in [0.5, 0.6) is 0 Å². The number of rotatable bonds is 3. The highest BCUT2D eigenvalue weighted by Gasteiger charge is 2.32. The Kier molecular flexibility index (Phi) is 4.43. The largest absolute Gasteiger partial charge is 0.388 e. The Bertz CT molecular complexity index is 534. The van der Waals surface area contributed by atoms with Crippen LogP contribution in [0.1, 0.15) is 37.4 Å². The summed E-state index contributed by atoms with van der Waals surface area (Å²) in [5.74, 6) is -0.776. The van der Waals surface area contributed by atoms with Crippen molar-refractivity contribution in [3.8, 4) is 0 Å². The Balaban J connectivity index is 1.51.